The van der Waals surface area contributed by atoms with E-state index >= 15 is 0 Å². The van der Waals surface area contributed by atoms with Gasteiger partial charge in [0.15, 0.2) is 28.7 Å². The number of halogens is 4. The van der Waals surface area contributed by atoms with Gasteiger partial charge in [-0.05, 0) is 31.0 Å². The number of hydrogen-bond acceptors (Lipinski definition) is 5. The van der Waals surface area contributed by atoms with Gasteiger partial charge in [-0.3, -0.25) is 0 Å². The van der Waals surface area contributed by atoms with Gasteiger partial charge in [-0.15, -0.1) is 0 Å². The van der Waals surface area contributed by atoms with E-state index in [0.29, 0.717) is 0 Å². The second kappa shape index (κ2) is 7.09. The molecule has 10 heteroatoms. The molecular formula is C17H16F4N2O4. The van der Waals surface area contributed by atoms with Crippen molar-refractivity contribution in [3.63, 3.8) is 0 Å². The van der Waals surface area contributed by atoms with Gasteiger partial charge in [0.2, 0.25) is 0 Å². The topological polar surface area (TPSA) is 75.8 Å². The average Bonchev–Trinajstić information content (AvgIpc) is 3.07. The second-order valence-corrected chi connectivity index (χ2v) is 6.17. The zero-order valence-electron chi connectivity index (χ0n) is 14.2. The first-order valence-corrected chi connectivity index (χ1v) is 8.11. The Kier molecular flexibility index (Phi) is 4.99. The van der Waals surface area contributed by atoms with Crippen LogP contribution in [0.15, 0.2) is 22.7 Å². The summed E-state index contributed by atoms with van der Waals surface area (Å²) in [6.45, 7) is 0.00629. The van der Waals surface area contributed by atoms with Crippen LogP contribution in [-0.4, -0.2) is 42.6 Å². The number of methoxy groups -OCH3 is 1. The van der Waals surface area contributed by atoms with E-state index in [4.69, 9.17) is 9.26 Å². The summed E-state index contributed by atoms with van der Waals surface area (Å²) in [5, 5.41) is 13.3. The predicted octanol–water partition coefficient (Wildman–Crippen LogP) is 3.97. The number of ether oxygens (including phenoxy) is 1. The van der Waals surface area contributed by atoms with E-state index in [9.17, 15) is 27.5 Å². The number of nitrogens with zero attached hydrogens (tertiary/aromatic N) is 2. The Morgan fingerprint density at radius 3 is 2.56 bits per heavy atom. The number of hydrogen-bond donors (Lipinski definition) is 1. The number of aromatic carboxylic acids is 1. The van der Waals surface area contributed by atoms with E-state index < -0.39 is 23.9 Å². The highest BCUT2D eigenvalue weighted by Crippen LogP contribution is 2.38. The fourth-order valence-electron chi connectivity index (χ4n) is 3.11. The molecule has 6 nitrogen and oxygen atoms in total. The minimum atomic E-state index is -4.28. The van der Waals surface area contributed by atoms with Crippen molar-refractivity contribution in [1.29, 1.82) is 0 Å². The van der Waals surface area contributed by atoms with E-state index in [1.165, 1.54) is 24.1 Å². The lowest BCUT2D eigenvalue weighted by molar-refractivity contribution is -0.179. The molecule has 0 spiro atoms. The molecule has 146 valence electrons. The first kappa shape index (κ1) is 19.0. The van der Waals surface area contributed by atoms with Crippen molar-refractivity contribution in [1.82, 2.24) is 5.16 Å². The summed E-state index contributed by atoms with van der Waals surface area (Å²) in [5.74, 6) is -3.66. The fraction of sp³-hybridized carbons (Fsp3) is 0.412. The summed E-state index contributed by atoms with van der Waals surface area (Å²) in [5.41, 5.74) is -0.0521. The van der Waals surface area contributed by atoms with Gasteiger partial charge in [0, 0.05) is 18.7 Å². The zero-order chi connectivity index (χ0) is 19.8. The molecule has 0 unspecified atom stereocenters. The third-order valence-electron chi connectivity index (χ3n) is 4.56. The van der Waals surface area contributed by atoms with E-state index in [2.05, 4.69) is 5.16 Å². The van der Waals surface area contributed by atoms with Crippen molar-refractivity contribution >= 4 is 11.8 Å². The van der Waals surface area contributed by atoms with Crippen molar-refractivity contribution in [3.8, 4) is 17.1 Å². The zero-order valence-corrected chi connectivity index (χ0v) is 14.2. The van der Waals surface area contributed by atoms with Gasteiger partial charge in [-0.25, -0.2) is 9.18 Å². The van der Waals surface area contributed by atoms with Gasteiger partial charge < -0.3 is 19.3 Å². The van der Waals surface area contributed by atoms with Gasteiger partial charge in [-0.1, -0.05) is 5.16 Å². The Morgan fingerprint density at radius 1 is 1.33 bits per heavy atom. The number of anilines is 1. The molecule has 3 rings (SSSR count). The van der Waals surface area contributed by atoms with Gasteiger partial charge in [0.05, 0.1) is 13.0 Å². The van der Waals surface area contributed by atoms with Crippen LogP contribution in [0.3, 0.4) is 0 Å². The highest BCUT2D eigenvalue weighted by Gasteiger charge is 2.42. The monoisotopic (exact) mass is 388 g/mol. The quantitative estimate of drug-likeness (QED) is 0.799. The molecule has 27 heavy (non-hydrogen) atoms. The smallest absolute Gasteiger partial charge is 0.391 e. The molecule has 2 heterocycles. The number of carbonyl (C=O) groups is 1. The van der Waals surface area contributed by atoms with E-state index in [-0.39, 0.29) is 54.4 Å². The number of alkyl halides is 3. The molecule has 1 N–H and O–H groups in total. The maximum absolute atomic E-state index is 13.6. The fourth-order valence-corrected chi connectivity index (χ4v) is 3.11. The van der Waals surface area contributed by atoms with Crippen LogP contribution in [0.5, 0.6) is 5.75 Å². The Hall–Kier alpha value is -2.78. The predicted molar refractivity (Wildman–Crippen MR) is 86.4 cm³/mol. The molecule has 1 aromatic heterocycles. The Balaban J connectivity index is 1.92. The van der Waals surface area contributed by atoms with Crippen LogP contribution in [0.2, 0.25) is 0 Å². The molecule has 1 fully saturated rings. The van der Waals surface area contributed by atoms with Crippen LogP contribution in [0.1, 0.15) is 23.2 Å². The van der Waals surface area contributed by atoms with Gasteiger partial charge in [0.1, 0.15) is 0 Å². The minimum absolute atomic E-state index is 0.00314. The summed E-state index contributed by atoms with van der Waals surface area (Å²) < 4.78 is 62.1. The number of piperidine rings is 1. The van der Waals surface area contributed by atoms with E-state index in [1.54, 1.807) is 0 Å². The van der Waals surface area contributed by atoms with E-state index in [1.807, 2.05) is 0 Å². The maximum Gasteiger partial charge on any atom is 0.391 e. The van der Waals surface area contributed by atoms with Gasteiger partial charge in [-0.2, -0.15) is 13.2 Å². The van der Waals surface area contributed by atoms with Crippen molar-refractivity contribution in [3.05, 3.63) is 29.6 Å². The molecular weight excluding hydrogens is 372 g/mol. The molecule has 0 bridgehead atoms. The summed E-state index contributed by atoms with van der Waals surface area (Å²) >= 11 is 0. The van der Waals surface area contributed by atoms with Crippen LogP contribution >= 0.6 is 0 Å². The number of benzene rings is 1. The van der Waals surface area contributed by atoms with Gasteiger partial charge in [0.25, 0.3) is 0 Å². The first-order valence-electron chi connectivity index (χ1n) is 8.11. The van der Waals surface area contributed by atoms with Gasteiger partial charge >= 0.3 is 12.1 Å². The SMILES string of the molecule is COc1cc(-c2onc(N3CCC(C(F)(F)F)CC3)c2C(=O)O)ccc1F. The Morgan fingerprint density at radius 2 is 2.00 bits per heavy atom. The molecule has 0 aliphatic carbocycles. The molecule has 1 saturated heterocycles. The van der Waals surface area contributed by atoms with Crippen molar-refractivity contribution < 1.29 is 36.7 Å². The lowest BCUT2D eigenvalue weighted by Gasteiger charge is -2.32. The molecule has 0 atom stereocenters. The third-order valence-corrected chi connectivity index (χ3v) is 4.56. The average molecular weight is 388 g/mol. The molecule has 2 aromatic rings. The molecule has 0 saturated carbocycles. The van der Waals surface area contributed by atoms with E-state index in [0.717, 1.165) is 6.07 Å². The molecule has 1 aromatic carbocycles. The maximum atomic E-state index is 13.6. The Labute approximate surface area is 151 Å². The highest BCUT2D eigenvalue weighted by atomic mass is 19.4. The normalized spacial score (nSPS) is 15.8. The van der Waals surface area contributed by atoms with Crippen LogP contribution in [0.4, 0.5) is 23.4 Å². The number of rotatable bonds is 4. The summed E-state index contributed by atoms with van der Waals surface area (Å²) in [7, 11) is 1.26. The third kappa shape index (κ3) is 3.69. The second-order valence-electron chi connectivity index (χ2n) is 6.17. The van der Waals surface area contributed by atoms with Crippen molar-refractivity contribution in [2.75, 3.05) is 25.1 Å². The van der Waals surface area contributed by atoms with Crippen LogP contribution in [0.25, 0.3) is 11.3 Å². The lowest BCUT2D eigenvalue weighted by atomic mass is 9.96. The molecule has 1 aliphatic rings. The largest absolute Gasteiger partial charge is 0.494 e. The standard InChI is InChI=1S/C17H16F4N2O4/c1-26-12-8-9(2-3-11(12)18)14-13(16(24)25)15(22-27-14)23-6-4-10(5-7-23)17(19,20)21/h2-3,8,10H,4-7H2,1H3,(H,24,25). The first-order chi connectivity index (χ1) is 12.7. The number of carboxylic acid groups (broad SMARTS) is 1. The van der Waals surface area contributed by atoms with Crippen LogP contribution < -0.4 is 9.64 Å². The summed E-state index contributed by atoms with van der Waals surface area (Å²) in [4.78, 5) is 13.2. The van der Waals surface area contributed by atoms with Crippen LogP contribution in [0, 0.1) is 11.7 Å². The lowest BCUT2D eigenvalue weighted by Crippen LogP contribution is -2.39. The number of aromatic nitrogens is 1. The minimum Gasteiger partial charge on any atom is -0.494 e. The summed E-state index contributed by atoms with van der Waals surface area (Å²) in [6, 6.07) is 3.67. The number of carboxylic acids is 1. The molecule has 0 amide bonds. The van der Waals surface area contributed by atoms with Crippen LogP contribution in [-0.2, 0) is 0 Å². The van der Waals surface area contributed by atoms with Crippen molar-refractivity contribution in [2.24, 2.45) is 5.92 Å². The Bertz CT molecular complexity index is 842. The summed E-state index contributed by atoms with van der Waals surface area (Å²) in [6.07, 6.45) is -4.59. The van der Waals surface area contributed by atoms with Crippen molar-refractivity contribution in [2.45, 2.75) is 19.0 Å². The molecule has 0 radical (unpaired) electrons. The molecule has 1 aliphatic heterocycles. The highest BCUT2D eigenvalue weighted by molar-refractivity contribution is 5.99.